The first kappa shape index (κ1) is 27.2. The summed E-state index contributed by atoms with van der Waals surface area (Å²) in [7, 11) is 3.29. The van der Waals surface area contributed by atoms with Crippen LogP contribution in [-0.2, 0) is 10.9 Å². The number of aliphatic imine (C=N–C) groups is 1. The van der Waals surface area contributed by atoms with E-state index in [2.05, 4.69) is 9.89 Å². The monoisotopic (exact) mass is 525 g/mol. The van der Waals surface area contributed by atoms with Crippen molar-refractivity contribution in [2.24, 2.45) is 16.5 Å². The summed E-state index contributed by atoms with van der Waals surface area (Å²) in [5.74, 6) is -0.412. The van der Waals surface area contributed by atoms with Gasteiger partial charge in [-0.25, -0.2) is 9.79 Å². The van der Waals surface area contributed by atoms with E-state index in [9.17, 15) is 18.0 Å². The Morgan fingerprint density at radius 1 is 1.00 bits per heavy atom. The van der Waals surface area contributed by atoms with E-state index in [0.717, 1.165) is 25.2 Å². The molecule has 0 spiro atoms. The molecule has 1 heterocycles. The van der Waals surface area contributed by atoms with Crippen molar-refractivity contribution in [1.29, 1.82) is 0 Å². The normalized spacial score (nSPS) is 15.8. The van der Waals surface area contributed by atoms with Gasteiger partial charge in [0.2, 0.25) is 0 Å². The summed E-state index contributed by atoms with van der Waals surface area (Å²) < 4.78 is 46.0. The van der Waals surface area contributed by atoms with E-state index in [4.69, 9.17) is 16.2 Å². The van der Waals surface area contributed by atoms with Gasteiger partial charge in [0, 0.05) is 37.4 Å². The lowest BCUT2D eigenvalue weighted by atomic mass is 9.94. The van der Waals surface area contributed by atoms with Crippen LogP contribution in [0, 0.1) is 0 Å². The second kappa shape index (κ2) is 11.2. The van der Waals surface area contributed by atoms with Gasteiger partial charge in [0.25, 0.3) is 0 Å². The first-order valence-electron chi connectivity index (χ1n) is 12.1. The van der Waals surface area contributed by atoms with Crippen molar-refractivity contribution in [1.82, 2.24) is 4.90 Å². The molecule has 4 N–H and O–H groups in total. The third kappa shape index (κ3) is 6.15. The van der Waals surface area contributed by atoms with Gasteiger partial charge in [-0.2, -0.15) is 13.2 Å². The Hall–Kier alpha value is -3.89. The molecule has 4 rings (SSSR count). The number of amidine groups is 1. The van der Waals surface area contributed by atoms with E-state index in [1.54, 1.807) is 54.6 Å². The van der Waals surface area contributed by atoms with Gasteiger partial charge < -0.3 is 26.0 Å². The standard InChI is InChI=1S/C28H30F3N5O2/c1-35-11-13-36(14-12-35)22-16-20(28(29,30)31)15-21(17-22)34-26(33)24-6-4-3-5-23(24)25(32)18-7-9-19(10-8-18)27(37)38-2/h3-10,15-17,25H,11-14,32H2,1-2H3,(H2,33,34). The summed E-state index contributed by atoms with van der Waals surface area (Å²) >= 11 is 0. The lowest BCUT2D eigenvalue weighted by molar-refractivity contribution is -0.137. The molecule has 1 fully saturated rings. The number of piperazine rings is 1. The van der Waals surface area contributed by atoms with Crippen LogP contribution >= 0.6 is 0 Å². The Bertz CT molecular complexity index is 1320. The average Bonchev–Trinajstić information content (AvgIpc) is 2.92. The smallest absolute Gasteiger partial charge is 0.416 e. The summed E-state index contributed by atoms with van der Waals surface area (Å²) in [6.07, 6.45) is -4.53. The van der Waals surface area contributed by atoms with Gasteiger partial charge in [0.15, 0.2) is 0 Å². The number of anilines is 1. The minimum absolute atomic E-state index is 0.0471. The molecule has 0 bridgehead atoms. The van der Waals surface area contributed by atoms with Crippen LogP contribution in [0.4, 0.5) is 24.5 Å². The molecule has 1 aliphatic rings. The molecule has 10 heteroatoms. The molecule has 0 radical (unpaired) electrons. The number of rotatable bonds is 6. The molecule has 38 heavy (non-hydrogen) atoms. The van der Waals surface area contributed by atoms with Crippen LogP contribution in [0.5, 0.6) is 0 Å². The molecule has 0 aliphatic carbocycles. The highest BCUT2D eigenvalue weighted by atomic mass is 19.4. The van der Waals surface area contributed by atoms with Crippen molar-refractivity contribution in [3.05, 3.63) is 94.5 Å². The van der Waals surface area contributed by atoms with E-state index >= 15 is 0 Å². The highest BCUT2D eigenvalue weighted by Crippen LogP contribution is 2.36. The fourth-order valence-corrected chi connectivity index (χ4v) is 4.40. The van der Waals surface area contributed by atoms with Crippen molar-refractivity contribution in [3.63, 3.8) is 0 Å². The average molecular weight is 526 g/mol. The fourth-order valence-electron chi connectivity index (χ4n) is 4.40. The second-order valence-electron chi connectivity index (χ2n) is 9.20. The molecular weight excluding hydrogens is 495 g/mol. The largest absolute Gasteiger partial charge is 0.465 e. The minimum Gasteiger partial charge on any atom is -0.465 e. The predicted molar refractivity (Wildman–Crippen MR) is 142 cm³/mol. The van der Waals surface area contributed by atoms with E-state index < -0.39 is 23.8 Å². The van der Waals surface area contributed by atoms with Crippen LogP contribution in [0.15, 0.2) is 71.7 Å². The topological polar surface area (TPSA) is 97.2 Å². The van der Waals surface area contributed by atoms with E-state index in [0.29, 0.717) is 41.0 Å². The number of alkyl halides is 3. The van der Waals surface area contributed by atoms with Crippen LogP contribution in [0.2, 0.25) is 0 Å². The maximum atomic E-state index is 13.7. The molecule has 3 aromatic carbocycles. The van der Waals surface area contributed by atoms with Gasteiger partial charge in [-0.1, -0.05) is 36.4 Å². The second-order valence-corrected chi connectivity index (χ2v) is 9.20. The van der Waals surface area contributed by atoms with Crippen molar-refractivity contribution < 1.29 is 22.7 Å². The molecule has 0 saturated carbocycles. The molecular formula is C28H30F3N5O2. The maximum absolute atomic E-state index is 13.7. The number of methoxy groups -OCH3 is 1. The van der Waals surface area contributed by atoms with Gasteiger partial charge in [-0.3, -0.25) is 0 Å². The molecule has 200 valence electrons. The Labute approximate surface area is 219 Å². The maximum Gasteiger partial charge on any atom is 0.416 e. The molecule has 0 aromatic heterocycles. The number of hydrogen-bond donors (Lipinski definition) is 2. The number of likely N-dealkylation sites (N-methyl/N-ethyl adjacent to an activating group) is 1. The lowest BCUT2D eigenvalue weighted by Gasteiger charge is -2.34. The van der Waals surface area contributed by atoms with Crippen molar-refractivity contribution in [2.45, 2.75) is 12.2 Å². The molecule has 1 saturated heterocycles. The van der Waals surface area contributed by atoms with Crippen molar-refractivity contribution >= 4 is 23.2 Å². The zero-order valence-electron chi connectivity index (χ0n) is 21.2. The fraction of sp³-hybridized carbons (Fsp3) is 0.286. The van der Waals surface area contributed by atoms with Crippen molar-refractivity contribution in [2.75, 3.05) is 45.2 Å². The third-order valence-corrected chi connectivity index (χ3v) is 6.61. The van der Waals surface area contributed by atoms with Gasteiger partial charge in [-0.05, 0) is 48.5 Å². The van der Waals surface area contributed by atoms with Crippen LogP contribution in [-0.4, -0.2) is 57.0 Å². The van der Waals surface area contributed by atoms with Gasteiger partial charge in [0.05, 0.1) is 30.0 Å². The Morgan fingerprint density at radius 3 is 2.29 bits per heavy atom. The molecule has 7 nitrogen and oxygen atoms in total. The molecule has 1 aliphatic heterocycles. The van der Waals surface area contributed by atoms with Crippen molar-refractivity contribution in [3.8, 4) is 0 Å². The molecule has 1 atom stereocenters. The summed E-state index contributed by atoms with van der Waals surface area (Å²) in [5.41, 5.74) is 14.9. The van der Waals surface area contributed by atoms with E-state index in [1.165, 1.54) is 7.11 Å². The van der Waals surface area contributed by atoms with Gasteiger partial charge in [-0.15, -0.1) is 0 Å². The summed E-state index contributed by atoms with van der Waals surface area (Å²) in [6.45, 7) is 2.73. The predicted octanol–water partition coefficient (Wildman–Crippen LogP) is 4.33. The number of ether oxygens (including phenoxy) is 1. The van der Waals surface area contributed by atoms with Crippen LogP contribution in [0.3, 0.4) is 0 Å². The number of halogens is 3. The quantitative estimate of drug-likeness (QED) is 0.283. The number of carbonyl (C=O) groups excluding carboxylic acids is 1. The number of benzene rings is 3. The van der Waals surface area contributed by atoms with Gasteiger partial charge >= 0.3 is 12.1 Å². The lowest BCUT2D eigenvalue weighted by Crippen LogP contribution is -2.44. The first-order valence-corrected chi connectivity index (χ1v) is 12.1. The molecule has 0 amide bonds. The zero-order valence-corrected chi connectivity index (χ0v) is 21.2. The number of hydrogen-bond acceptors (Lipinski definition) is 6. The Kier molecular flexibility index (Phi) is 8.03. The van der Waals surface area contributed by atoms with E-state index in [-0.39, 0.29) is 11.5 Å². The van der Waals surface area contributed by atoms with Crippen LogP contribution < -0.4 is 16.4 Å². The number of carbonyl (C=O) groups is 1. The Morgan fingerprint density at radius 2 is 1.66 bits per heavy atom. The summed E-state index contributed by atoms with van der Waals surface area (Å²) in [6, 6.07) is 16.9. The first-order chi connectivity index (χ1) is 18.1. The van der Waals surface area contributed by atoms with Gasteiger partial charge in [0.1, 0.15) is 5.84 Å². The van der Waals surface area contributed by atoms with Crippen LogP contribution in [0.25, 0.3) is 0 Å². The SMILES string of the molecule is COC(=O)c1ccc(C(N)c2ccccc2C(N)=Nc2cc(N3CCN(C)CC3)cc(C(F)(F)F)c2)cc1. The summed E-state index contributed by atoms with van der Waals surface area (Å²) in [5, 5.41) is 0. The molecule has 3 aromatic rings. The van der Waals surface area contributed by atoms with Crippen LogP contribution in [0.1, 0.15) is 38.7 Å². The number of esters is 1. The Balaban J connectivity index is 1.69. The minimum atomic E-state index is -4.53. The number of nitrogens with two attached hydrogens (primary N) is 2. The zero-order chi connectivity index (χ0) is 27.4. The van der Waals surface area contributed by atoms with E-state index in [1.807, 2.05) is 11.9 Å². The molecule has 1 unspecified atom stereocenters. The number of nitrogens with zero attached hydrogens (tertiary/aromatic N) is 3. The third-order valence-electron chi connectivity index (χ3n) is 6.61. The highest BCUT2D eigenvalue weighted by Gasteiger charge is 2.32. The summed E-state index contributed by atoms with van der Waals surface area (Å²) in [4.78, 5) is 20.2. The highest BCUT2D eigenvalue weighted by molar-refractivity contribution is 6.00.